The Balaban J connectivity index is 2.07. The van der Waals surface area contributed by atoms with E-state index < -0.39 is 10.0 Å². The van der Waals surface area contributed by atoms with Crippen LogP contribution >= 0.6 is 0 Å². The van der Waals surface area contributed by atoms with Crippen molar-refractivity contribution in [1.82, 2.24) is 9.71 Å². The molecule has 0 aromatic carbocycles. The van der Waals surface area contributed by atoms with E-state index in [-0.39, 0.29) is 10.9 Å². The number of nitrogens with two attached hydrogens (primary N) is 1. The van der Waals surface area contributed by atoms with Gasteiger partial charge >= 0.3 is 0 Å². The number of anilines is 1. The highest BCUT2D eigenvalue weighted by Crippen LogP contribution is 2.19. The fourth-order valence-electron chi connectivity index (χ4n) is 2.44. The minimum atomic E-state index is -3.50. The van der Waals surface area contributed by atoms with Gasteiger partial charge in [0.15, 0.2) is 0 Å². The van der Waals surface area contributed by atoms with E-state index in [1.54, 1.807) is 0 Å². The summed E-state index contributed by atoms with van der Waals surface area (Å²) in [6, 6.07) is 1.48. The van der Waals surface area contributed by atoms with Crippen LogP contribution in [0.4, 0.5) is 5.69 Å². The van der Waals surface area contributed by atoms with Gasteiger partial charge in [0.05, 0.1) is 5.69 Å². The number of nitrogens with one attached hydrogen (secondary N) is 1. The summed E-state index contributed by atoms with van der Waals surface area (Å²) in [7, 11) is -3.50. The largest absolute Gasteiger partial charge is 0.397 e. The number of hydrogen-bond acceptors (Lipinski definition) is 4. The first-order chi connectivity index (χ1) is 9.08. The Morgan fingerprint density at radius 2 is 1.74 bits per heavy atom. The minimum Gasteiger partial charge on any atom is -0.397 e. The molecule has 5 nitrogen and oxygen atoms in total. The third-order valence-electron chi connectivity index (χ3n) is 3.47. The number of nitrogen functional groups attached to an aromatic ring is 1. The zero-order chi connectivity index (χ0) is 13.7. The first-order valence-corrected chi connectivity index (χ1v) is 8.29. The fraction of sp³-hybridized carbons (Fsp3) is 0.615. The molecule has 2 rings (SSSR count). The van der Waals surface area contributed by atoms with E-state index in [4.69, 9.17) is 5.73 Å². The first-order valence-electron chi connectivity index (χ1n) is 6.81. The second kappa shape index (κ2) is 6.34. The lowest BCUT2D eigenvalue weighted by molar-refractivity contribution is 0.426. The maximum Gasteiger partial charge on any atom is 0.242 e. The van der Waals surface area contributed by atoms with Crippen molar-refractivity contribution in [3.8, 4) is 0 Å². The highest BCUT2D eigenvalue weighted by molar-refractivity contribution is 7.89. The van der Waals surface area contributed by atoms with E-state index in [9.17, 15) is 8.42 Å². The molecule has 1 aromatic heterocycles. The van der Waals surface area contributed by atoms with Gasteiger partial charge in [0.25, 0.3) is 0 Å². The number of aromatic nitrogens is 1. The number of sulfonamides is 1. The van der Waals surface area contributed by atoms with Crippen molar-refractivity contribution in [2.24, 2.45) is 0 Å². The predicted molar refractivity (Wildman–Crippen MR) is 75.1 cm³/mol. The van der Waals surface area contributed by atoms with Crippen LogP contribution in [0.1, 0.15) is 44.9 Å². The van der Waals surface area contributed by atoms with Gasteiger partial charge in [0, 0.05) is 18.4 Å². The van der Waals surface area contributed by atoms with Crippen LogP contribution in [0, 0.1) is 0 Å². The molecule has 6 heteroatoms. The summed E-state index contributed by atoms with van der Waals surface area (Å²) in [4.78, 5) is 3.98. The van der Waals surface area contributed by atoms with Gasteiger partial charge in [-0.05, 0) is 18.9 Å². The molecule has 0 aliphatic heterocycles. The molecule has 0 atom stereocenters. The molecule has 0 spiro atoms. The van der Waals surface area contributed by atoms with Crippen LogP contribution in [0.15, 0.2) is 23.4 Å². The number of hydrogen-bond donors (Lipinski definition) is 2. The van der Waals surface area contributed by atoms with E-state index in [1.807, 2.05) is 0 Å². The van der Waals surface area contributed by atoms with E-state index >= 15 is 0 Å². The molecule has 1 heterocycles. The molecule has 1 fully saturated rings. The van der Waals surface area contributed by atoms with Gasteiger partial charge in [-0.25, -0.2) is 13.1 Å². The summed E-state index contributed by atoms with van der Waals surface area (Å²) in [6.07, 6.45) is 10.4. The summed E-state index contributed by atoms with van der Waals surface area (Å²) in [6.45, 7) is 0. The predicted octanol–water partition coefficient (Wildman–Crippen LogP) is 2.05. The van der Waals surface area contributed by atoms with Gasteiger partial charge in [0.2, 0.25) is 10.0 Å². The second-order valence-electron chi connectivity index (χ2n) is 5.12. The second-order valence-corrected chi connectivity index (χ2v) is 6.83. The van der Waals surface area contributed by atoms with Gasteiger partial charge < -0.3 is 5.73 Å². The van der Waals surface area contributed by atoms with Crippen molar-refractivity contribution in [3.05, 3.63) is 18.5 Å². The standard InChI is InChI=1S/C13H21N3O2S/c14-11-8-13(10-15-9-11)19(17,18)16-12-6-4-2-1-3-5-7-12/h8-10,12,16H,1-7,14H2. The monoisotopic (exact) mass is 283 g/mol. The van der Waals surface area contributed by atoms with Crippen LogP contribution in [0.5, 0.6) is 0 Å². The van der Waals surface area contributed by atoms with Crippen LogP contribution < -0.4 is 10.5 Å². The average Bonchev–Trinajstić information content (AvgIpc) is 2.32. The molecular weight excluding hydrogens is 262 g/mol. The lowest BCUT2D eigenvalue weighted by atomic mass is 9.97. The maximum absolute atomic E-state index is 12.2. The van der Waals surface area contributed by atoms with Gasteiger partial charge in [-0.15, -0.1) is 0 Å². The molecule has 3 N–H and O–H groups in total. The molecule has 0 bridgehead atoms. The highest BCUT2D eigenvalue weighted by Gasteiger charge is 2.21. The van der Waals surface area contributed by atoms with E-state index in [1.165, 1.54) is 37.7 Å². The number of nitrogens with zero attached hydrogens (tertiary/aromatic N) is 1. The molecule has 0 saturated heterocycles. The van der Waals surface area contributed by atoms with Crippen molar-refractivity contribution < 1.29 is 8.42 Å². The molecule has 0 radical (unpaired) electrons. The van der Waals surface area contributed by atoms with Crippen LogP contribution in [0.25, 0.3) is 0 Å². The molecule has 106 valence electrons. The Morgan fingerprint density at radius 1 is 1.11 bits per heavy atom. The van der Waals surface area contributed by atoms with E-state index in [0.717, 1.165) is 25.7 Å². The summed E-state index contributed by atoms with van der Waals surface area (Å²) in [5.74, 6) is 0. The smallest absolute Gasteiger partial charge is 0.242 e. The number of pyridine rings is 1. The van der Waals surface area contributed by atoms with Crippen molar-refractivity contribution in [2.45, 2.75) is 55.9 Å². The van der Waals surface area contributed by atoms with E-state index in [2.05, 4.69) is 9.71 Å². The lowest BCUT2D eigenvalue weighted by Crippen LogP contribution is -2.35. The average molecular weight is 283 g/mol. The SMILES string of the molecule is Nc1cncc(S(=O)(=O)NC2CCCCCCC2)c1. The van der Waals surface area contributed by atoms with Crippen LogP contribution in [0.3, 0.4) is 0 Å². The van der Waals surface area contributed by atoms with Gasteiger partial charge in [-0.3, -0.25) is 4.98 Å². The third-order valence-corrected chi connectivity index (χ3v) is 4.96. The zero-order valence-corrected chi connectivity index (χ0v) is 11.8. The Hall–Kier alpha value is -1.14. The normalized spacial score (nSPS) is 18.7. The third kappa shape index (κ3) is 4.18. The van der Waals surface area contributed by atoms with Gasteiger partial charge in [0.1, 0.15) is 4.90 Å². The quantitative estimate of drug-likeness (QED) is 0.889. The Labute approximate surface area is 114 Å². The van der Waals surface area contributed by atoms with Gasteiger partial charge in [-0.1, -0.05) is 32.1 Å². The highest BCUT2D eigenvalue weighted by atomic mass is 32.2. The fourth-order valence-corrected chi connectivity index (χ4v) is 3.75. The van der Waals surface area contributed by atoms with Crippen LogP contribution in [0.2, 0.25) is 0 Å². The van der Waals surface area contributed by atoms with Crippen LogP contribution in [-0.4, -0.2) is 19.4 Å². The summed E-state index contributed by atoms with van der Waals surface area (Å²) in [5.41, 5.74) is 5.94. The molecule has 19 heavy (non-hydrogen) atoms. The molecular formula is C13H21N3O2S. The number of rotatable bonds is 3. The summed E-state index contributed by atoms with van der Waals surface area (Å²) < 4.78 is 27.3. The molecule has 1 saturated carbocycles. The van der Waals surface area contributed by atoms with E-state index in [0.29, 0.717) is 5.69 Å². The molecule has 1 aromatic rings. The molecule has 1 aliphatic carbocycles. The van der Waals surface area contributed by atoms with Crippen molar-refractivity contribution >= 4 is 15.7 Å². The zero-order valence-electron chi connectivity index (χ0n) is 11.0. The minimum absolute atomic E-state index is 0.0340. The van der Waals surface area contributed by atoms with Crippen molar-refractivity contribution in [2.75, 3.05) is 5.73 Å². The van der Waals surface area contributed by atoms with Crippen molar-refractivity contribution in [1.29, 1.82) is 0 Å². The first kappa shape index (κ1) is 14.3. The molecule has 1 aliphatic rings. The Bertz CT molecular complexity index is 508. The summed E-state index contributed by atoms with van der Waals surface area (Å²) in [5, 5.41) is 0. The van der Waals surface area contributed by atoms with Crippen LogP contribution in [-0.2, 0) is 10.0 Å². The van der Waals surface area contributed by atoms with Gasteiger partial charge in [-0.2, -0.15) is 0 Å². The Kier molecular flexibility index (Phi) is 4.76. The maximum atomic E-state index is 12.2. The topological polar surface area (TPSA) is 85.1 Å². The molecule has 0 unspecified atom stereocenters. The van der Waals surface area contributed by atoms with Crippen molar-refractivity contribution in [3.63, 3.8) is 0 Å². The lowest BCUT2D eigenvalue weighted by Gasteiger charge is -2.20. The summed E-state index contributed by atoms with van der Waals surface area (Å²) >= 11 is 0. The molecule has 0 amide bonds. The Morgan fingerprint density at radius 3 is 2.37 bits per heavy atom.